The number of nitrogens with zero attached hydrogens (tertiary/aromatic N) is 2. The molecule has 6 aliphatic rings. The van der Waals surface area contributed by atoms with Crippen LogP contribution in [0, 0.1) is 45.8 Å². The van der Waals surface area contributed by atoms with Crippen LogP contribution in [0.3, 0.4) is 0 Å². The highest BCUT2D eigenvalue weighted by molar-refractivity contribution is 6.67. The number of fused-ring (bicyclic) bond motifs is 2. The minimum Gasteiger partial charge on any atom is -0.482 e. The van der Waals surface area contributed by atoms with E-state index in [2.05, 4.69) is 32.5 Å². The maximum Gasteiger partial charge on any atom is 0.474 e. The SMILES string of the molecule is C=C[C@]1(C)C[C@@H](OC(=O)COc2ccc3c(c2)B(O)N(C(C)=O)N=C3)[C@]2(C)[C@H](C)C[C@H]3C4C(=O)CC[C@@]3([C@@H](C)[C@@H]1O)[C@@H]42. The molecule has 1 aromatic rings. The number of amides is 1. The van der Waals surface area contributed by atoms with Gasteiger partial charge in [-0.15, -0.1) is 6.58 Å². The van der Waals surface area contributed by atoms with Gasteiger partial charge in [0, 0.05) is 30.1 Å². The highest BCUT2D eigenvalue weighted by Crippen LogP contribution is 2.79. The van der Waals surface area contributed by atoms with Crippen LogP contribution in [0.5, 0.6) is 5.75 Å². The van der Waals surface area contributed by atoms with Gasteiger partial charge in [-0.2, -0.15) is 5.10 Å². The van der Waals surface area contributed by atoms with Crippen LogP contribution in [0.1, 0.15) is 65.9 Å². The average Bonchev–Trinajstić information content (AvgIpc) is 2.96. The lowest BCUT2D eigenvalue weighted by molar-refractivity contribution is -0.322. The summed E-state index contributed by atoms with van der Waals surface area (Å²) >= 11 is 0. The van der Waals surface area contributed by atoms with E-state index >= 15 is 0 Å². The van der Waals surface area contributed by atoms with Crippen LogP contribution >= 0.6 is 0 Å². The number of carbonyl (C=O) groups is 3. The van der Waals surface area contributed by atoms with Crippen LogP contribution < -0.4 is 10.2 Å². The summed E-state index contributed by atoms with van der Waals surface area (Å²) in [7, 11) is -1.26. The molecule has 1 spiro atoms. The first-order valence-corrected chi connectivity index (χ1v) is 15.1. The third-order valence-electron chi connectivity index (χ3n) is 12.2. The van der Waals surface area contributed by atoms with Crippen molar-refractivity contribution >= 4 is 36.4 Å². The first kappa shape index (κ1) is 29.1. The molecule has 1 heterocycles. The molecule has 1 amide bonds. The van der Waals surface area contributed by atoms with Gasteiger partial charge in [0.1, 0.15) is 17.6 Å². The number of ketones is 1. The Balaban J connectivity index is 1.26. The quantitative estimate of drug-likeness (QED) is 0.314. The van der Waals surface area contributed by atoms with Gasteiger partial charge in [-0.1, -0.05) is 39.8 Å². The number of carbonyl (C=O) groups excluding carboxylic acids is 3. The minimum absolute atomic E-state index is 0.00464. The summed E-state index contributed by atoms with van der Waals surface area (Å²) in [6.07, 6.45) is 4.68. The largest absolute Gasteiger partial charge is 0.482 e. The zero-order valence-corrected chi connectivity index (χ0v) is 25.1. The molecule has 9 nitrogen and oxygen atoms in total. The minimum atomic E-state index is -1.26. The summed E-state index contributed by atoms with van der Waals surface area (Å²) in [6, 6.07) is 4.97. The molecule has 0 aromatic heterocycles. The molecule has 0 radical (unpaired) electrons. The van der Waals surface area contributed by atoms with E-state index in [-0.39, 0.29) is 41.6 Å². The molecule has 0 saturated heterocycles. The molecule has 5 saturated carbocycles. The van der Waals surface area contributed by atoms with Gasteiger partial charge in [-0.3, -0.25) is 9.59 Å². The maximum atomic E-state index is 13.4. The normalized spacial score (nSPS) is 41.6. The van der Waals surface area contributed by atoms with Crippen LogP contribution in [-0.2, 0) is 19.1 Å². The second kappa shape index (κ2) is 9.77. The Labute approximate surface area is 247 Å². The van der Waals surface area contributed by atoms with Gasteiger partial charge in [0.05, 0.1) is 12.3 Å². The molecule has 5 aliphatic carbocycles. The lowest BCUT2D eigenvalue weighted by Gasteiger charge is -2.78. The second-order valence-corrected chi connectivity index (χ2v) is 13.9. The molecule has 10 heteroatoms. The number of rotatable bonds is 5. The van der Waals surface area contributed by atoms with E-state index in [9.17, 15) is 24.5 Å². The molecule has 7 rings (SSSR count). The predicted molar refractivity (Wildman–Crippen MR) is 157 cm³/mol. The predicted octanol–water partition coefficient (Wildman–Crippen LogP) is 2.71. The highest BCUT2D eigenvalue weighted by atomic mass is 16.6. The van der Waals surface area contributed by atoms with E-state index in [4.69, 9.17) is 9.47 Å². The number of hydrogen-bond acceptors (Lipinski definition) is 8. The van der Waals surface area contributed by atoms with Crippen molar-refractivity contribution in [2.24, 2.45) is 50.9 Å². The number of aliphatic hydroxyl groups excluding tert-OH is 1. The zero-order valence-electron chi connectivity index (χ0n) is 25.1. The Morgan fingerprint density at radius 1 is 1.29 bits per heavy atom. The van der Waals surface area contributed by atoms with Crippen LogP contribution in [-0.4, -0.2) is 64.8 Å². The number of hydrazone groups is 1. The van der Waals surface area contributed by atoms with Crippen molar-refractivity contribution in [1.82, 2.24) is 4.92 Å². The average molecular weight is 576 g/mol. The fraction of sp³-hybridized carbons (Fsp3) is 0.625. The van der Waals surface area contributed by atoms with Crippen LogP contribution in [0.25, 0.3) is 0 Å². The molecule has 1 unspecified atom stereocenters. The number of aliphatic hydroxyl groups is 1. The highest BCUT2D eigenvalue weighted by Gasteiger charge is 2.79. The van der Waals surface area contributed by atoms with Gasteiger partial charge < -0.3 is 19.6 Å². The fourth-order valence-corrected chi connectivity index (χ4v) is 9.78. The van der Waals surface area contributed by atoms with E-state index in [1.54, 1.807) is 24.3 Å². The van der Waals surface area contributed by atoms with Crippen LogP contribution in [0.4, 0.5) is 0 Å². The van der Waals surface area contributed by atoms with E-state index in [0.717, 1.165) is 17.8 Å². The van der Waals surface area contributed by atoms with E-state index in [1.165, 1.54) is 13.1 Å². The van der Waals surface area contributed by atoms with Crippen LogP contribution in [0.2, 0.25) is 0 Å². The molecule has 5 bridgehead atoms. The Morgan fingerprint density at radius 3 is 2.71 bits per heavy atom. The molecule has 1 aliphatic heterocycles. The smallest absolute Gasteiger partial charge is 0.474 e. The Kier molecular flexibility index (Phi) is 6.78. The van der Waals surface area contributed by atoms with Crippen LogP contribution in [0.15, 0.2) is 36.0 Å². The molecule has 2 N–H and O–H groups in total. The lowest BCUT2D eigenvalue weighted by Crippen LogP contribution is -2.78. The summed E-state index contributed by atoms with van der Waals surface area (Å²) in [6.45, 7) is 13.6. The molecular weight excluding hydrogens is 535 g/mol. The molecule has 42 heavy (non-hydrogen) atoms. The standard InChI is InChI=1S/C32H41BN2O7/c1-7-30(5)14-25(31(6)17(2)12-22-27-24(37)10-11-32(22,28(27)31)18(3)29(30)39)42-26(38)16-41-21-9-8-20-15-34-35(19(4)36)33(40)23(20)13-21/h7-9,13,15,17-18,22,25,27-29,39-40H,1,10-12,14,16H2,2-6H3/t17-,18+,22+,25-,27?,28+,29+,30-,31+,32+/m1/s1. The van der Waals surface area contributed by atoms with Gasteiger partial charge in [0.25, 0.3) is 0 Å². The first-order chi connectivity index (χ1) is 19.8. The number of benzene rings is 1. The Bertz CT molecular complexity index is 1380. The monoisotopic (exact) mass is 576 g/mol. The summed E-state index contributed by atoms with van der Waals surface area (Å²) in [5.41, 5.74) is -0.200. The zero-order chi connectivity index (χ0) is 30.4. The summed E-state index contributed by atoms with van der Waals surface area (Å²) in [4.78, 5) is 39.4. The van der Waals surface area contributed by atoms with Crippen molar-refractivity contribution in [3.63, 3.8) is 0 Å². The van der Waals surface area contributed by atoms with Gasteiger partial charge >= 0.3 is 13.0 Å². The van der Waals surface area contributed by atoms with Crippen molar-refractivity contribution in [1.29, 1.82) is 0 Å². The molecule has 224 valence electrons. The van der Waals surface area contributed by atoms with Gasteiger partial charge in [-0.25, -0.2) is 9.71 Å². The molecule has 1 aromatic carbocycles. The van der Waals surface area contributed by atoms with Crippen molar-refractivity contribution in [2.45, 2.75) is 72.5 Å². The third-order valence-corrected chi connectivity index (χ3v) is 12.2. The number of hydrogen-bond donors (Lipinski definition) is 2. The lowest BCUT2D eigenvalue weighted by atomic mass is 9.25. The van der Waals surface area contributed by atoms with Crippen molar-refractivity contribution in [3.05, 3.63) is 36.4 Å². The van der Waals surface area contributed by atoms with Crippen molar-refractivity contribution in [3.8, 4) is 5.75 Å². The van der Waals surface area contributed by atoms with Gasteiger partial charge in [-0.05, 0) is 71.5 Å². The summed E-state index contributed by atoms with van der Waals surface area (Å²) in [5, 5.41) is 26.4. The maximum absolute atomic E-state index is 13.4. The van der Waals surface area contributed by atoms with E-state index < -0.39 is 42.0 Å². The Morgan fingerprint density at radius 2 is 2.02 bits per heavy atom. The Hall–Kier alpha value is -2.98. The number of ether oxygens (including phenoxy) is 2. The fourth-order valence-electron chi connectivity index (χ4n) is 9.78. The van der Waals surface area contributed by atoms with E-state index in [0.29, 0.717) is 35.4 Å². The first-order valence-electron chi connectivity index (χ1n) is 15.1. The molecule has 5 fully saturated rings. The summed E-state index contributed by atoms with van der Waals surface area (Å²) in [5.74, 6) is 0.203. The topological polar surface area (TPSA) is 126 Å². The molecule has 10 atom stereocenters. The van der Waals surface area contributed by atoms with Gasteiger partial charge in [0.15, 0.2) is 6.61 Å². The third kappa shape index (κ3) is 3.83. The number of Topliss-reactive ketones (excluding diaryl/α,β-unsaturated/α-hetero) is 1. The van der Waals surface area contributed by atoms with Gasteiger partial charge in [0.2, 0.25) is 5.91 Å². The van der Waals surface area contributed by atoms with Crippen molar-refractivity contribution < 1.29 is 34.0 Å². The summed E-state index contributed by atoms with van der Waals surface area (Å²) < 4.78 is 12.1. The number of esters is 1. The second-order valence-electron chi connectivity index (χ2n) is 13.9. The molecular formula is C32H41BN2O7. The van der Waals surface area contributed by atoms with Crippen molar-refractivity contribution in [2.75, 3.05) is 6.61 Å². The van der Waals surface area contributed by atoms with E-state index in [1.807, 2.05) is 6.92 Å².